The molecule has 0 amide bonds. The fraction of sp³-hybridized carbons (Fsp3) is 1.00. The number of sulfone groups is 1. The molecule has 0 aliphatic carbocycles. The molecular formula is C11H22Br2O2S. The zero-order valence-corrected chi connectivity index (χ0v) is 14.1. The first-order chi connectivity index (χ1) is 7.45. The van der Waals surface area contributed by atoms with E-state index in [0.29, 0.717) is 5.75 Å². The molecule has 0 saturated heterocycles. The van der Waals surface area contributed by atoms with Gasteiger partial charge in [-0.15, -0.1) is 0 Å². The lowest BCUT2D eigenvalue weighted by molar-refractivity contribution is 0.323. The molecule has 0 N–H and O–H groups in total. The van der Waals surface area contributed by atoms with Crippen molar-refractivity contribution in [1.29, 1.82) is 0 Å². The summed E-state index contributed by atoms with van der Waals surface area (Å²) in [6.45, 7) is 3.88. The highest BCUT2D eigenvalue weighted by Gasteiger charge is 2.26. The molecule has 0 saturated carbocycles. The van der Waals surface area contributed by atoms with Crippen LogP contribution in [-0.4, -0.2) is 30.6 Å². The van der Waals surface area contributed by atoms with E-state index < -0.39 is 9.84 Å². The Bertz CT molecular complexity index is 272. The number of rotatable bonds is 9. The van der Waals surface area contributed by atoms with E-state index in [4.69, 9.17) is 0 Å². The van der Waals surface area contributed by atoms with Crippen molar-refractivity contribution in [2.45, 2.75) is 39.5 Å². The van der Waals surface area contributed by atoms with E-state index in [1.165, 1.54) is 0 Å². The van der Waals surface area contributed by atoms with Crippen molar-refractivity contribution in [2.75, 3.05) is 22.2 Å². The number of hydrogen-bond acceptors (Lipinski definition) is 2. The molecule has 0 heterocycles. The second kappa shape index (κ2) is 8.09. The average molecular weight is 378 g/mol. The summed E-state index contributed by atoms with van der Waals surface area (Å²) in [5.74, 6) is 0.589. The SMILES string of the molecule is CCCC(CBr)(CBr)CCCS(=O)(=O)CC. The molecule has 0 rings (SSSR count). The highest BCUT2D eigenvalue weighted by atomic mass is 79.9. The summed E-state index contributed by atoms with van der Waals surface area (Å²) in [6, 6.07) is 0. The van der Waals surface area contributed by atoms with Gasteiger partial charge in [-0.25, -0.2) is 8.42 Å². The van der Waals surface area contributed by atoms with Crippen molar-refractivity contribution in [3.05, 3.63) is 0 Å². The van der Waals surface area contributed by atoms with E-state index in [9.17, 15) is 8.42 Å². The lowest BCUT2D eigenvalue weighted by atomic mass is 9.83. The van der Waals surface area contributed by atoms with E-state index in [-0.39, 0.29) is 11.2 Å². The van der Waals surface area contributed by atoms with Gasteiger partial charge in [0, 0.05) is 16.4 Å². The predicted molar refractivity (Wildman–Crippen MR) is 78.5 cm³/mol. The van der Waals surface area contributed by atoms with Gasteiger partial charge in [-0.3, -0.25) is 0 Å². The van der Waals surface area contributed by atoms with Crippen LogP contribution in [0.3, 0.4) is 0 Å². The molecule has 0 radical (unpaired) electrons. The van der Waals surface area contributed by atoms with Gasteiger partial charge in [0.05, 0.1) is 5.75 Å². The largest absolute Gasteiger partial charge is 0.229 e. The Labute approximate surface area is 117 Å². The summed E-state index contributed by atoms with van der Waals surface area (Å²) >= 11 is 7.10. The normalized spacial score (nSPS) is 13.0. The minimum atomic E-state index is -2.80. The van der Waals surface area contributed by atoms with Crippen molar-refractivity contribution in [1.82, 2.24) is 0 Å². The molecule has 0 spiro atoms. The first kappa shape index (κ1) is 16.9. The third-order valence-corrected chi connectivity index (χ3v) is 7.12. The second-order valence-electron chi connectivity index (χ2n) is 4.36. The lowest BCUT2D eigenvalue weighted by Gasteiger charge is -2.29. The van der Waals surface area contributed by atoms with Crippen molar-refractivity contribution < 1.29 is 8.42 Å². The second-order valence-corrected chi connectivity index (χ2v) is 7.95. The molecule has 0 fully saturated rings. The summed E-state index contributed by atoms with van der Waals surface area (Å²) in [7, 11) is -2.80. The van der Waals surface area contributed by atoms with E-state index in [1.54, 1.807) is 6.92 Å². The quantitative estimate of drug-likeness (QED) is 0.573. The van der Waals surface area contributed by atoms with Crippen LogP contribution in [0.4, 0.5) is 0 Å². The van der Waals surface area contributed by atoms with Crippen LogP contribution in [0.15, 0.2) is 0 Å². The molecular weight excluding hydrogens is 356 g/mol. The predicted octanol–water partition coefficient (Wildman–Crippen LogP) is 3.78. The van der Waals surface area contributed by atoms with Crippen molar-refractivity contribution in [2.24, 2.45) is 5.41 Å². The fourth-order valence-corrected chi connectivity index (χ4v) is 4.69. The molecule has 5 heteroatoms. The molecule has 98 valence electrons. The van der Waals surface area contributed by atoms with Gasteiger partial charge in [0.2, 0.25) is 0 Å². The molecule has 0 aliphatic heterocycles. The first-order valence-electron chi connectivity index (χ1n) is 5.77. The molecule has 0 aromatic heterocycles. The van der Waals surface area contributed by atoms with Crippen LogP contribution in [0, 0.1) is 5.41 Å². The number of hydrogen-bond donors (Lipinski definition) is 0. The molecule has 2 nitrogen and oxygen atoms in total. The zero-order valence-electron chi connectivity index (χ0n) is 10.1. The minimum absolute atomic E-state index is 0.220. The van der Waals surface area contributed by atoms with Gasteiger partial charge in [0.25, 0.3) is 0 Å². The monoisotopic (exact) mass is 376 g/mol. The number of alkyl halides is 2. The Morgan fingerprint density at radius 2 is 1.62 bits per heavy atom. The average Bonchev–Trinajstić information content (AvgIpc) is 2.28. The molecule has 0 unspecified atom stereocenters. The van der Waals surface area contributed by atoms with E-state index >= 15 is 0 Å². The summed E-state index contributed by atoms with van der Waals surface area (Å²) in [5.41, 5.74) is 0.220. The topological polar surface area (TPSA) is 34.1 Å². The first-order valence-corrected chi connectivity index (χ1v) is 9.84. The Hall–Kier alpha value is 0.910. The minimum Gasteiger partial charge on any atom is -0.229 e. The van der Waals surface area contributed by atoms with Gasteiger partial charge in [0.15, 0.2) is 0 Å². The van der Waals surface area contributed by atoms with Gasteiger partial charge in [-0.2, -0.15) is 0 Å². The maximum absolute atomic E-state index is 11.4. The maximum Gasteiger partial charge on any atom is 0.150 e. The molecule has 0 atom stereocenters. The summed E-state index contributed by atoms with van der Waals surface area (Å²) in [4.78, 5) is 0. The summed E-state index contributed by atoms with van der Waals surface area (Å²) in [5, 5.41) is 1.87. The van der Waals surface area contributed by atoms with Crippen LogP contribution in [0.5, 0.6) is 0 Å². The Kier molecular flexibility index (Phi) is 8.55. The van der Waals surface area contributed by atoms with Gasteiger partial charge in [0.1, 0.15) is 9.84 Å². The molecule has 0 bridgehead atoms. The molecule has 0 aliphatic rings. The third-order valence-electron chi connectivity index (χ3n) is 2.95. The molecule has 0 aromatic carbocycles. The third kappa shape index (κ3) is 6.01. The van der Waals surface area contributed by atoms with Crippen LogP contribution in [0.25, 0.3) is 0 Å². The van der Waals surface area contributed by atoms with Crippen LogP contribution < -0.4 is 0 Å². The fourth-order valence-electron chi connectivity index (χ4n) is 1.77. The van der Waals surface area contributed by atoms with Crippen LogP contribution in [0.1, 0.15) is 39.5 Å². The van der Waals surface area contributed by atoms with Gasteiger partial charge >= 0.3 is 0 Å². The highest BCUT2D eigenvalue weighted by molar-refractivity contribution is 9.09. The van der Waals surface area contributed by atoms with E-state index in [0.717, 1.165) is 36.3 Å². The zero-order chi connectivity index (χ0) is 12.7. The smallest absolute Gasteiger partial charge is 0.150 e. The van der Waals surface area contributed by atoms with Crippen molar-refractivity contribution in [3.8, 4) is 0 Å². The molecule has 0 aromatic rings. The van der Waals surface area contributed by atoms with Gasteiger partial charge in [-0.05, 0) is 24.7 Å². The summed E-state index contributed by atoms with van der Waals surface area (Å²) in [6.07, 6.45) is 4.01. The standard InChI is InChI=1S/C11H22Br2O2S/c1-3-6-11(9-12,10-13)7-5-8-16(14,15)4-2/h3-10H2,1-2H3. The van der Waals surface area contributed by atoms with Gasteiger partial charge < -0.3 is 0 Å². The Balaban J connectivity index is 4.23. The van der Waals surface area contributed by atoms with E-state index in [2.05, 4.69) is 38.8 Å². The van der Waals surface area contributed by atoms with Crippen LogP contribution >= 0.6 is 31.9 Å². The number of halogens is 2. The lowest BCUT2D eigenvalue weighted by Crippen LogP contribution is -2.25. The highest BCUT2D eigenvalue weighted by Crippen LogP contribution is 2.34. The van der Waals surface area contributed by atoms with Crippen molar-refractivity contribution >= 4 is 41.7 Å². The Morgan fingerprint density at radius 3 is 2.00 bits per heavy atom. The summed E-state index contributed by atoms with van der Waals surface area (Å²) < 4.78 is 22.8. The maximum atomic E-state index is 11.4. The van der Waals surface area contributed by atoms with E-state index in [1.807, 2.05) is 0 Å². The molecule has 16 heavy (non-hydrogen) atoms. The Morgan fingerprint density at radius 1 is 1.06 bits per heavy atom. The van der Waals surface area contributed by atoms with Gasteiger partial charge in [-0.1, -0.05) is 52.1 Å². The van der Waals surface area contributed by atoms with Crippen LogP contribution in [-0.2, 0) is 9.84 Å². The van der Waals surface area contributed by atoms with Crippen molar-refractivity contribution in [3.63, 3.8) is 0 Å². The van der Waals surface area contributed by atoms with Crippen LogP contribution in [0.2, 0.25) is 0 Å².